The fourth-order valence-corrected chi connectivity index (χ4v) is 5.43. The van der Waals surface area contributed by atoms with Crippen molar-refractivity contribution >= 4 is 24.0 Å². The van der Waals surface area contributed by atoms with E-state index in [1.165, 1.54) is 6.92 Å². The zero-order chi connectivity index (χ0) is 40.7. The molecule has 1 heteroatoms. The van der Waals surface area contributed by atoms with E-state index in [4.69, 9.17) is 24.7 Å². The minimum Gasteiger partial charge on any atom is -0.0649 e. The van der Waals surface area contributed by atoms with Crippen molar-refractivity contribution < 1.29 is 30.2 Å². The molecule has 0 amide bonds. The van der Waals surface area contributed by atoms with E-state index in [-0.39, 0.29) is 5.56 Å². The molecule has 1 atom stereocenters. The minimum atomic E-state index is -3.62. The van der Waals surface area contributed by atoms with Crippen molar-refractivity contribution in [3.8, 4) is 22.3 Å². The van der Waals surface area contributed by atoms with Gasteiger partial charge in [-0.05, 0) is 74.2 Å². The van der Waals surface area contributed by atoms with Crippen LogP contribution in [0.15, 0.2) is 109 Å². The average Bonchev–Trinajstić information content (AvgIpc) is 3.10. The lowest BCUT2D eigenvalue weighted by atomic mass is 9.97. The molecular weight excluding hydrogens is 403 g/mol. The topological polar surface area (TPSA) is 0 Å². The maximum atomic E-state index is 9.74. The van der Waals surface area contributed by atoms with Crippen molar-refractivity contribution in [3.05, 3.63) is 125 Å². The van der Waals surface area contributed by atoms with Crippen LogP contribution in [0, 0.1) is 6.92 Å². The SMILES string of the molecule is [2H]c1c([2H])c([2H])c(-c2c([2H])c([2H])c([2H])c(-c3c([2H])c([2H])c([2H])c([2H])c3[2H])c2P2C([2H])([2H])c3c([2H])c([2H])c([2H])c4c([2H])c([2H])c(C)c(c34)C2([2H])[2H])c([2H])c1[2H]. The molecule has 32 heavy (non-hydrogen) atoms. The summed E-state index contributed by atoms with van der Waals surface area (Å²) >= 11 is 0. The molecule has 0 aliphatic carbocycles. The quantitative estimate of drug-likeness (QED) is 0.242. The second-order valence-corrected chi connectivity index (χ2v) is 8.35. The Morgan fingerprint density at radius 2 is 1.28 bits per heavy atom. The average molecular weight is 451 g/mol. The zero-order valence-corrected chi connectivity index (χ0v) is 17.3. The smallest absolute Gasteiger partial charge is 0.0629 e. The number of hydrogen-bond donors (Lipinski definition) is 0. The van der Waals surface area contributed by atoms with Gasteiger partial charge in [0.15, 0.2) is 0 Å². The number of hydrogen-bond acceptors (Lipinski definition) is 0. The fraction of sp³-hybridized carbons (Fsp3) is 0.0968. The van der Waals surface area contributed by atoms with Crippen molar-refractivity contribution in [2.45, 2.75) is 19.2 Å². The Bertz CT molecular complexity index is 2340. The Kier molecular flexibility index (Phi) is 1.80. The molecule has 0 saturated heterocycles. The van der Waals surface area contributed by atoms with Crippen LogP contribution in [0.25, 0.3) is 33.0 Å². The number of benzene rings is 5. The van der Waals surface area contributed by atoms with E-state index in [1.807, 2.05) is 0 Å². The van der Waals surface area contributed by atoms with Crippen LogP contribution < -0.4 is 5.30 Å². The summed E-state index contributed by atoms with van der Waals surface area (Å²) in [5.41, 5.74) is -4.92. The molecule has 1 aliphatic rings. The highest BCUT2D eigenvalue weighted by molar-refractivity contribution is 7.65. The number of rotatable bonds is 3. The van der Waals surface area contributed by atoms with Crippen LogP contribution in [0.2, 0.25) is 0 Å². The summed E-state index contributed by atoms with van der Waals surface area (Å²) in [5.74, 6) is 0. The highest BCUT2D eigenvalue weighted by Crippen LogP contribution is 2.53. The van der Waals surface area contributed by atoms with E-state index in [0.29, 0.717) is 0 Å². The molecule has 1 unspecified atom stereocenters. The van der Waals surface area contributed by atoms with E-state index in [0.717, 1.165) is 0 Å². The summed E-state index contributed by atoms with van der Waals surface area (Å²) < 4.78 is 194. The van der Waals surface area contributed by atoms with Gasteiger partial charge in [0, 0.05) is 5.48 Å². The van der Waals surface area contributed by atoms with Crippen LogP contribution in [0.4, 0.5) is 0 Å². The van der Waals surface area contributed by atoms with Gasteiger partial charge in [0.25, 0.3) is 0 Å². The lowest BCUT2D eigenvalue weighted by Gasteiger charge is -2.31. The van der Waals surface area contributed by atoms with E-state index in [9.17, 15) is 5.48 Å². The molecule has 1 heterocycles. The molecule has 0 nitrogen and oxygen atoms in total. The Labute approximate surface area is 222 Å². The summed E-state index contributed by atoms with van der Waals surface area (Å²) in [6.45, 7) is 1.23. The molecule has 6 rings (SSSR count). The lowest BCUT2D eigenvalue weighted by Crippen LogP contribution is -2.15. The van der Waals surface area contributed by atoms with Crippen molar-refractivity contribution in [2.75, 3.05) is 0 Å². The van der Waals surface area contributed by atoms with Crippen LogP contribution in [-0.2, 0) is 12.2 Å². The molecule has 0 bridgehead atoms. The standard InChI is InChI=1S/C31H25P/c1-22-18-19-25-14-8-15-26-20-32(21-29(22)30(25)26)31-27(23-10-4-2-5-11-23)16-9-17-28(31)24-12-6-3-7-13-24/h2-19H,20-21H2,1H3/i2D,3D,4D,5D,6D,7D,8D,9D,10D,11D,12D,13D,14D,15D,16D,17D,18D,19D,20D2,21D2. The molecule has 0 radical (unpaired) electrons. The van der Waals surface area contributed by atoms with Gasteiger partial charge < -0.3 is 0 Å². The Hall–Kier alpha value is -3.21. The van der Waals surface area contributed by atoms with Gasteiger partial charge >= 0.3 is 0 Å². The third-order valence-corrected chi connectivity index (χ3v) is 6.68. The molecular formula is C31H25P. The maximum absolute atomic E-state index is 9.74. The normalized spacial score (nSPS) is 28.0. The van der Waals surface area contributed by atoms with Crippen LogP contribution in [0.5, 0.6) is 0 Å². The summed E-state index contributed by atoms with van der Waals surface area (Å²) in [5, 5.41) is -1.81. The molecule has 5 aromatic rings. The van der Waals surface area contributed by atoms with Crippen LogP contribution in [-0.4, -0.2) is 0 Å². The maximum Gasteiger partial charge on any atom is 0.0629 e. The third-order valence-electron chi connectivity index (χ3n) is 4.89. The molecule has 0 N–H and O–H groups in total. The molecule has 0 fully saturated rings. The van der Waals surface area contributed by atoms with Gasteiger partial charge in [0.05, 0.1) is 24.7 Å². The summed E-state index contributed by atoms with van der Waals surface area (Å²) in [6, 6.07) is -16.5. The van der Waals surface area contributed by atoms with E-state index < -0.39 is 178 Å². The van der Waals surface area contributed by atoms with Gasteiger partial charge in [-0.15, -0.1) is 0 Å². The van der Waals surface area contributed by atoms with Crippen LogP contribution in [0.3, 0.4) is 0 Å². The minimum absolute atomic E-state index is 0.249. The van der Waals surface area contributed by atoms with Crippen molar-refractivity contribution in [1.29, 1.82) is 0 Å². The third kappa shape index (κ3) is 3.27. The molecule has 0 spiro atoms. The van der Waals surface area contributed by atoms with Crippen molar-refractivity contribution in [3.63, 3.8) is 0 Å². The molecule has 0 aromatic heterocycles. The zero-order valence-electron chi connectivity index (χ0n) is 38.4. The first-order valence-electron chi connectivity index (χ1n) is 20.4. The van der Waals surface area contributed by atoms with E-state index in [1.54, 1.807) is 0 Å². The summed E-state index contributed by atoms with van der Waals surface area (Å²) in [4.78, 5) is 0. The second kappa shape index (κ2) is 8.05. The Morgan fingerprint density at radius 1 is 0.656 bits per heavy atom. The van der Waals surface area contributed by atoms with Crippen LogP contribution >= 0.6 is 7.92 Å². The van der Waals surface area contributed by atoms with E-state index >= 15 is 0 Å². The largest absolute Gasteiger partial charge is 0.0649 e. The van der Waals surface area contributed by atoms with Gasteiger partial charge in [-0.2, -0.15) is 0 Å². The van der Waals surface area contributed by atoms with Crippen LogP contribution in [0.1, 0.15) is 46.8 Å². The van der Waals surface area contributed by atoms with Crippen molar-refractivity contribution in [1.82, 2.24) is 0 Å². The lowest BCUT2D eigenvalue weighted by molar-refractivity contribution is 1.26. The van der Waals surface area contributed by atoms with Crippen molar-refractivity contribution in [2.24, 2.45) is 0 Å². The molecule has 0 saturated carbocycles. The molecule has 154 valence electrons. The van der Waals surface area contributed by atoms with Gasteiger partial charge in [-0.1, -0.05) is 117 Å². The fourth-order valence-electron chi connectivity index (χ4n) is 3.48. The Balaban J connectivity index is 2.01. The highest BCUT2D eigenvalue weighted by Gasteiger charge is 2.27. The second-order valence-electron chi connectivity index (χ2n) is 6.78. The van der Waals surface area contributed by atoms with Gasteiger partial charge in [0.2, 0.25) is 0 Å². The summed E-state index contributed by atoms with van der Waals surface area (Å²) in [6.07, 6.45) is -6.42. The monoisotopic (exact) mass is 450 g/mol. The highest BCUT2D eigenvalue weighted by atomic mass is 31.1. The van der Waals surface area contributed by atoms with Gasteiger partial charge in [-0.3, -0.25) is 0 Å². The first kappa shape index (κ1) is 7.14. The Morgan fingerprint density at radius 3 is 1.94 bits per heavy atom. The first-order chi connectivity index (χ1) is 24.8. The summed E-state index contributed by atoms with van der Waals surface area (Å²) in [7, 11) is -3.62. The predicted molar refractivity (Wildman–Crippen MR) is 140 cm³/mol. The van der Waals surface area contributed by atoms with Gasteiger partial charge in [0.1, 0.15) is 0 Å². The first-order valence-corrected chi connectivity index (χ1v) is 10.8. The molecule has 5 aromatic carbocycles. The predicted octanol–water partition coefficient (Wildman–Crippen LogP) is 8.30. The van der Waals surface area contributed by atoms with E-state index in [2.05, 4.69) is 0 Å². The van der Waals surface area contributed by atoms with Gasteiger partial charge in [-0.25, -0.2) is 0 Å². The molecule has 1 aliphatic heterocycles.